The van der Waals surface area contributed by atoms with E-state index in [2.05, 4.69) is 27.9 Å². The first kappa shape index (κ1) is 11.8. The Labute approximate surface area is 112 Å². The molecule has 0 bridgehead atoms. The summed E-state index contributed by atoms with van der Waals surface area (Å²) in [7, 11) is 0. The lowest BCUT2D eigenvalue weighted by atomic mass is 10.2. The number of anilines is 1. The fourth-order valence-electron chi connectivity index (χ4n) is 1.32. The van der Waals surface area contributed by atoms with E-state index in [1.807, 2.05) is 24.3 Å². The molecule has 0 aliphatic heterocycles. The van der Waals surface area contributed by atoms with Gasteiger partial charge in [-0.25, -0.2) is 0 Å². The van der Waals surface area contributed by atoms with Crippen molar-refractivity contribution >= 4 is 34.2 Å². The van der Waals surface area contributed by atoms with E-state index in [0.29, 0.717) is 10.3 Å². The van der Waals surface area contributed by atoms with Gasteiger partial charge < -0.3 is 10.5 Å². The van der Waals surface area contributed by atoms with Crippen molar-refractivity contribution in [2.24, 2.45) is 0 Å². The van der Waals surface area contributed by atoms with Crippen molar-refractivity contribution in [3.8, 4) is 0 Å². The predicted octanol–water partition coefficient (Wildman–Crippen LogP) is 2.18. The molecule has 2 rings (SSSR count). The van der Waals surface area contributed by atoms with E-state index in [4.69, 9.17) is 0 Å². The molecule has 86 valence electrons. The molecule has 1 aromatic heterocycles. The third-order valence-corrected chi connectivity index (χ3v) is 3.13. The van der Waals surface area contributed by atoms with E-state index >= 15 is 0 Å². The minimum absolute atomic E-state index is 0.227. The van der Waals surface area contributed by atoms with Crippen molar-refractivity contribution in [2.75, 3.05) is 5.32 Å². The average Bonchev–Trinajstić information content (AvgIpc) is 2.33. The molecular formula is C12H9IN2O2. The zero-order valence-corrected chi connectivity index (χ0v) is 10.9. The second kappa shape index (κ2) is 5.13. The highest BCUT2D eigenvalue weighted by molar-refractivity contribution is 14.1. The van der Waals surface area contributed by atoms with Gasteiger partial charge in [0.25, 0.3) is 5.91 Å². The number of aromatic nitrogens is 1. The maximum atomic E-state index is 11.9. The Morgan fingerprint density at radius 1 is 1.18 bits per heavy atom. The van der Waals surface area contributed by atoms with Crippen molar-refractivity contribution < 1.29 is 9.52 Å². The molecule has 5 heteroatoms. The van der Waals surface area contributed by atoms with E-state index in [1.54, 1.807) is 0 Å². The first-order valence-electron chi connectivity index (χ1n) is 4.91. The van der Waals surface area contributed by atoms with Crippen LogP contribution in [0.5, 0.6) is 0 Å². The van der Waals surface area contributed by atoms with Gasteiger partial charge in [-0.2, -0.15) is 4.73 Å². The zero-order valence-electron chi connectivity index (χ0n) is 8.76. The van der Waals surface area contributed by atoms with Gasteiger partial charge in [0.1, 0.15) is 0 Å². The van der Waals surface area contributed by atoms with Gasteiger partial charge in [-0.05, 0) is 34.7 Å². The zero-order chi connectivity index (χ0) is 12.3. The number of halogens is 1. The topological polar surface area (TPSA) is 56.0 Å². The number of nitrogens with zero attached hydrogens (tertiary/aromatic N) is 1. The summed E-state index contributed by atoms with van der Waals surface area (Å²) in [5, 5.41) is 13.6. The molecule has 0 fully saturated rings. The molecule has 4 nitrogen and oxygen atoms in total. The maximum absolute atomic E-state index is 11.9. The summed E-state index contributed by atoms with van der Waals surface area (Å²) in [5.74, 6) is -0.227. The van der Waals surface area contributed by atoms with Crippen LogP contribution in [0.3, 0.4) is 0 Å². The summed E-state index contributed by atoms with van der Waals surface area (Å²) in [6, 6.07) is 10.5. The smallest absolute Gasteiger partial charge is 0.256 e. The normalized spacial score (nSPS) is 9.94. The second-order valence-corrected chi connectivity index (χ2v) is 4.54. The molecule has 0 radical (unpaired) electrons. The van der Waals surface area contributed by atoms with Crippen LogP contribution in [-0.2, 0) is 0 Å². The van der Waals surface area contributed by atoms with E-state index < -0.39 is 0 Å². The molecule has 0 atom stereocenters. The van der Waals surface area contributed by atoms with Crippen LogP contribution in [0.4, 0.5) is 5.69 Å². The van der Waals surface area contributed by atoms with Crippen molar-refractivity contribution in [1.82, 2.24) is 0 Å². The van der Waals surface area contributed by atoms with Crippen LogP contribution in [0.1, 0.15) is 10.4 Å². The highest BCUT2D eigenvalue weighted by atomic mass is 127. The van der Waals surface area contributed by atoms with Crippen LogP contribution in [0.25, 0.3) is 0 Å². The molecule has 1 heterocycles. The quantitative estimate of drug-likeness (QED) is 0.518. The fourth-order valence-corrected chi connectivity index (χ4v) is 1.84. The number of rotatable bonds is 2. The predicted molar refractivity (Wildman–Crippen MR) is 72.5 cm³/mol. The largest absolute Gasteiger partial charge is 0.619 e. The number of hydrogen-bond acceptors (Lipinski definition) is 2. The Hall–Kier alpha value is -1.63. The van der Waals surface area contributed by atoms with E-state index in [1.165, 1.54) is 24.5 Å². The third-order valence-electron chi connectivity index (χ3n) is 2.19. The molecule has 0 aliphatic carbocycles. The summed E-state index contributed by atoms with van der Waals surface area (Å²) < 4.78 is 1.61. The number of para-hydroxylation sites is 1. The lowest BCUT2D eigenvalue weighted by molar-refractivity contribution is -0.605. The van der Waals surface area contributed by atoms with Crippen LogP contribution in [-0.4, -0.2) is 5.91 Å². The monoisotopic (exact) mass is 340 g/mol. The Kier molecular flexibility index (Phi) is 3.58. The van der Waals surface area contributed by atoms with Crippen LogP contribution < -0.4 is 10.0 Å². The van der Waals surface area contributed by atoms with Crippen molar-refractivity contribution in [3.05, 3.63) is 63.1 Å². The van der Waals surface area contributed by atoms with E-state index in [9.17, 15) is 10.0 Å². The third kappa shape index (κ3) is 2.94. The Morgan fingerprint density at radius 2 is 1.82 bits per heavy atom. The van der Waals surface area contributed by atoms with Crippen LogP contribution >= 0.6 is 22.6 Å². The van der Waals surface area contributed by atoms with Crippen LogP contribution in [0.2, 0.25) is 0 Å². The molecule has 1 N–H and O–H groups in total. The van der Waals surface area contributed by atoms with Gasteiger partial charge in [0.15, 0.2) is 12.4 Å². The second-order valence-electron chi connectivity index (χ2n) is 3.38. The van der Waals surface area contributed by atoms with Crippen molar-refractivity contribution in [2.45, 2.75) is 0 Å². The highest BCUT2D eigenvalue weighted by Gasteiger charge is 2.08. The first-order chi connectivity index (χ1) is 8.16. The summed E-state index contributed by atoms with van der Waals surface area (Å²) in [6.45, 7) is 0. The molecule has 0 aliphatic rings. The molecule has 2 aromatic rings. The number of carbonyl (C=O) groups excluding carboxylic acids is 1. The first-order valence-corrected chi connectivity index (χ1v) is 5.99. The number of hydrogen-bond donors (Lipinski definition) is 1. The molecule has 1 aromatic carbocycles. The number of amides is 1. The summed E-state index contributed by atoms with van der Waals surface area (Å²) in [5.41, 5.74) is 1.22. The fraction of sp³-hybridized carbons (Fsp3) is 0. The molecule has 0 saturated heterocycles. The summed E-state index contributed by atoms with van der Waals surface area (Å²) in [4.78, 5) is 11.9. The van der Waals surface area contributed by atoms with Gasteiger partial charge in [0.05, 0.1) is 11.3 Å². The van der Waals surface area contributed by atoms with E-state index in [0.717, 1.165) is 9.26 Å². The van der Waals surface area contributed by atoms with Gasteiger partial charge in [0, 0.05) is 15.7 Å². The molecule has 0 saturated carbocycles. The van der Waals surface area contributed by atoms with Crippen molar-refractivity contribution in [1.29, 1.82) is 0 Å². The summed E-state index contributed by atoms with van der Waals surface area (Å²) >= 11 is 2.15. The standard InChI is InChI=1S/C12H9IN2O2/c13-10-3-1-2-4-11(10)14-12(16)9-5-7-15(17)8-6-9/h1-8H,(H,14,16). The highest BCUT2D eigenvalue weighted by Crippen LogP contribution is 2.17. The SMILES string of the molecule is O=C(Nc1ccccc1I)c1cc[n+]([O-])cc1. The van der Waals surface area contributed by atoms with Gasteiger partial charge >= 0.3 is 0 Å². The molecule has 1 amide bonds. The molecule has 0 spiro atoms. The van der Waals surface area contributed by atoms with Gasteiger partial charge in [0.2, 0.25) is 0 Å². The number of benzene rings is 1. The lowest BCUT2D eigenvalue weighted by Crippen LogP contribution is -2.25. The minimum Gasteiger partial charge on any atom is -0.619 e. The number of carbonyl (C=O) groups is 1. The Morgan fingerprint density at radius 3 is 2.47 bits per heavy atom. The summed E-state index contributed by atoms with van der Waals surface area (Å²) in [6.07, 6.45) is 2.59. The average molecular weight is 340 g/mol. The number of nitrogens with one attached hydrogen (secondary N) is 1. The Bertz CT molecular complexity index is 540. The lowest BCUT2D eigenvalue weighted by Gasteiger charge is -2.06. The number of pyridine rings is 1. The van der Waals surface area contributed by atoms with Gasteiger partial charge in [-0.15, -0.1) is 0 Å². The molecule has 0 unspecified atom stereocenters. The van der Waals surface area contributed by atoms with Crippen LogP contribution in [0.15, 0.2) is 48.8 Å². The molecule has 17 heavy (non-hydrogen) atoms. The van der Waals surface area contributed by atoms with Gasteiger partial charge in [-0.3, -0.25) is 4.79 Å². The van der Waals surface area contributed by atoms with Crippen LogP contribution in [0, 0.1) is 8.78 Å². The Balaban J connectivity index is 2.17. The van der Waals surface area contributed by atoms with Crippen molar-refractivity contribution in [3.63, 3.8) is 0 Å². The maximum Gasteiger partial charge on any atom is 0.256 e. The van der Waals surface area contributed by atoms with E-state index in [-0.39, 0.29) is 5.91 Å². The minimum atomic E-state index is -0.227. The van der Waals surface area contributed by atoms with Gasteiger partial charge in [-0.1, -0.05) is 12.1 Å². The molecular weight excluding hydrogens is 331 g/mol.